The molecule has 1 aromatic heterocycles. The predicted molar refractivity (Wildman–Crippen MR) is 38.7 cm³/mol. The van der Waals surface area contributed by atoms with Crippen molar-refractivity contribution in [2.75, 3.05) is 0 Å². The molecule has 0 aliphatic carbocycles. The van der Waals surface area contributed by atoms with Gasteiger partial charge < -0.3 is 24.0 Å². The summed E-state index contributed by atoms with van der Waals surface area (Å²) in [5.41, 5.74) is 1.12. The fourth-order valence-corrected chi connectivity index (χ4v) is 1.19. The Morgan fingerprint density at radius 2 is 2.22 bits per heavy atom. The van der Waals surface area contributed by atoms with Gasteiger partial charge in [-0.1, -0.05) is 11.3 Å². The van der Waals surface area contributed by atoms with Crippen LogP contribution in [0.5, 0.6) is 0 Å². The Kier molecular flexibility index (Phi) is 9.05. The van der Waals surface area contributed by atoms with Crippen LogP contribution in [-0.2, 0) is 0 Å². The molecule has 0 unspecified atom stereocenters. The van der Waals surface area contributed by atoms with Gasteiger partial charge in [-0.15, -0.1) is 5.38 Å². The van der Waals surface area contributed by atoms with E-state index < -0.39 is 0 Å². The van der Waals surface area contributed by atoms with Crippen LogP contribution in [0, 0.1) is 12.3 Å². The van der Waals surface area contributed by atoms with Crippen LogP contribution in [0.2, 0.25) is 4.34 Å². The van der Waals surface area contributed by atoms with Crippen molar-refractivity contribution in [1.29, 1.82) is 0 Å². The van der Waals surface area contributed by atoms with Gasteiger partial charge in [0.05, 0.1) is 0 Å². The monoisotopic (exact) mass is 282 g/mol. The molecule has 0 saturated carbocycles. The first kappa shape index (κ1) is 13.1. The van der Waals surface area contributed by atoms with Crippen LogP contribution in [0.1, 0.15) is 5.56 Å². The Labute approximate surface area is 97.2 Å². The van der Waals surface area contributed by atoms with E-state index in [2.05, 4.69) is 5.38 Å². The molecular formula is C5H4ClIMgS. The summed E-state index contributed by atoms with van der Waals surface area (Å²) in [6.45, 7) is 1.97. The zero-order valence-electron chi connectivity index (χ0n) is 4.95. The van der Waals surface area contributed by atoms with Crippen molar-refractivity contribution >= 4 is 46.0 Å². The molecule has 9 heavy (non-hydrogen) atoms. The molecule has 0 nitrogen and oxygen atoms in total. The molecule has 0 radical (unpaired) electrons. The van der Waals surface area contributed by atoms with Crippen molar-refractivity contribution in [3.05, 3.63) is 21.3 Å². The van der Waals surface area contributed by atoms with Gasteiger partial charge in [0, 0.05) is 0 Å². The Balaban J connectivity index is 0. The summed E-state index contributed by atoms with van der Waals surface area (Å²) >= 11 is 6.99. The maximum atomic E-state index is 5.55. The van der Waals surface area contributed by atoms with E-state index in [0.717, 1.165) is 9.90 Å². The van der Waals surface area contributed by atoms with E-state index in [1.165, 1.54) is 11.3 Å². The zero-order chi connectivity index (χ0) is 5.28. The largest absolute Gasteiger partial charge is 2.00 e. The molecule has 0 atom stereocenters. The van der Waals surface area contributed by atoms with Gasteiger partial charge in [0.25, 0.3) is 0 Å². The molecule has 0 fully saturated rings. The molecule has 0 aromatic carbocycles. The smallest absolute Gasteiger partial charge is 1.00 e. The number of halogens is 2. The van der Waals surface area contributed by atoms with E-state index in [9.17, 15) is 0 Å². The van der Waals surface area contributed by atoms with Crippen molar-refractivity contribution in [2.45, 2.75) is 6.92 Å². The minimum atomic E-state index is 0. The van der Waals surface area contributed by atoms with Gasteiger partial charge in [-0.05, 0) is 0 Å². The fraction of sp³-hybridized carbons (Fsp3) is 0.200. The first-order valence-corrected chi connectivity index (χ1v) is 3.12. The minimum absolute atomic E-state index is 0. The van der Waals surface area contributed by atoms with Crippen LogP contribution in [0.15, 0.2) is 6.07 Å². The van der Waals surface area contributed by atoms with Gasteiger partial charge in [0.1, 0.15) is 0 Å². The Bertz CT molecular complexity index is 149. The van der Waals surface area contributed by atoms with Crippen LogP contribution in [0.4, 0.5) is 0 Å². The molecule has 0 amide bonds. The second-order valence-corrected chi connectivity index (χ2v) is 2.81. The van der Waals surface area contributed by atoms with Gasteiger partial charge in [-0.2, -0.15) is 23.2 Å². The molecule has 0 aliphatic rings. The average Bonchev–Trinajstić information content (AvgIpc) is 1.87. The van der Waals surface area contributed by atoms with Gasteiger partial charge in [-0.3, -0.25) is 11.3 Å². The molecule has 0 N–H and O–H groups in total. The molecule has 1 aromatic rings. The summed E-state index contributed by atoms with van der Waals surface area (Å²) in [6.07, 6.45) is 0. The third-order valence-corrected chi connectivity index (χ3v) is 1.72. The van der Waals surface area contributed by atoms with Gasteiger partial charge in [0.15, 0.2) is 0 Å². The Morgan fingerprint density at radius 1 is 1.67 bits per heavy atom. The summed E-state index contributed by atoms with van der Waals surface area (Å²) < 4.78 is 0.817. The van der Waals surface area contributed by atoms with E-state index in [1.54, 1.807) is 0 Å². The van der Waals surface area contributed by atoms with Crippen LogP contribution in [0.25, 0.3) is 0 Å². The maximum absolute atomic E-state index is 5.55. The SMILES string of the molecule is Cc1[c-]sc(Cl)c1.[I-].[Mg+2]. The average molecular weight is 283 g/mol. The Hall–Kier alpha value is 1.49. The van der Waals surface area contributed by atoms with E-state index in [1.807, 2.05) is 13.0 Å². The Morgan fingerprint density at radius 3 is 2.33 bits per heavy atom. The van der Waals surface area contributed by atoms with Crippen LogP contribution in [-0.4, -0.2) is 23.1 Å². The maximum Gasteiger partial charge on any atom is 2.00 e. The predicted octanol–water partition coefficient (Wildman–Crippen LogP) is -0.867. The molecular weight excluding hydrogens is 279 g/mol. The topological polar surface area (TPSA) is 0 Å². The summed E-state index contributed by atoms with van der Waals surface area (Å²) in [4.78, 5) is 0. The van der Waals surface area contributed by atoms with Crippen molar-refractivity contribution in [3.8, 4) is 0 Å². The molecule has 1 heterocycles. The van der Waals surface area contributed by atoms with Crippen LogP contribution in [0.3, 0.4) is 0 Å². The number of thiophene rings is 1. The first-order valence-electron chi connectivity index (χ1n) is 1.92. The third kappa shape index (κ3) is 4.83. The number of hydrogen-bond acceptors (Lipinski definition) is 1. The standard InChI is InChI=1S/C5H4ClS.HI.Mg/c1-4-2-5(6)7-3-4;;/h2H,1H3;1H;/q-1;;+2/p-1. The summed E-state index contributed by atoms with van der Waals surface area (Å²) in [5.74, 6) is 0. The number of hydrogen-bond donors (Lipinski definition) is 0. The quantitative estimate of drug-likeness (QED) is 0.330. The van der Waals surface area contributed by atoms with Crippen LogP contribution < -0.4 is 24.0 Å². The minimum Gasteiger partial charge on any atom is -1.00 e. The molecule has 4 heteroatoms. The molecule has 0 saturated heterocycles. The molecule has 0 bridgehead atoms. The third-order valence-electron chi connectivity index (χ3n) is 0.640. The molecule has 46 valence electrons. The van der Waals surface area contributed by atoms with Crippen molar-refractivity contribution in [2.24, 2.45) is 0 Å². The fourth-order valence-electron chi connectivity index (χ4n) is 0.358. The first-order chi connectivity index (χ1) is 3.29. The number of rotatable bonds is 0. The normalized spacial score (nSPS) is 7.33. The van der Waals surface area contributed by atoms with E-state index in [4.69, 9.17) is 11.6 Å². The zero-order valence-corrected chi connectivity index (χ0v) is 10.1. The van der Waals surface area contributed by atoms with E-state index in [0.29, 0.717) is 0 Å². The molecule has 0 aliphatic heterocycles. The van der Waals surface area contributed by atoms with Crippen molar-refractivity contribution < 1.29 is 24.0 Å². The van der Waals surface area contributed by atoms with Gasteiger partial charge in [0.2, 0.25) is 0 Å². The van der Waals surface area contributed by atoms with E-state index >= 15 is 0 Å². The summed E-state index contributed by atoms with van der Waals surface area (Å²) in [7, 11) is 0. The second kappa shape index (κ2) is 6.21. The van der Waals surface area contributed by atoms with Crippen molar-refractivity contribution in [1.82, 2.24) is 0 Å². The molecule has 0 spiro atoms. The van der Waals surface area contributed by atoms with E-state index in [-0.39, 0.29) is 47.0 Å². The second-order valence-electron chi connectivity index (χ2n) is 1.34. The molecule has 1 rings (SSSR count). The van der Waals surface area contributed by atoms with Gasteiger partial charge >= 0.3 is 23.1 Å². The van der Waals surface area contributed by atoms with Gasteiger partial charge in [-0.25, -0.2) is 0 Å². The number of aryl methyl sites for hydroxylation is 1. The van der Waals surface area contributed by atoms with Crippen molar-refractivity contribution in [3.63, 3.8) is 0 Å². The summed E-state index contributed by atoms with van der Waals surface area (Å²) in [5, 5.41) is 2.98. The van der Waals surface area contributed by atoms with Crippen LogP contribution >= 0.6 is 22.9 Å². The summed E-state index contributed by atoms with van der Waals surface area (Å²) in [6, 6.07) is 1.90.